The van der Waals surface area contributed by atoms with Gasteiger partial charge in [-0.15, -0.1) is 0 Å². The van der Waals surface area contributed by atoms with Crippen molar-refractivity contribution in [2.75, 3.05) is 72.2 Å². The normalized spacial score (nSPS) is 16.7. The molecule has 1 aromatic heterocycles. The molecule has 0 fully saturated rings. The predicted octanol–water partition coefficient (Wildman–Crippen LogP) is 2.77. The third-order valence-corrected chi connectivity index (χ3v) is 7.19. The molecular formula is C36H63N5O8. The summed E-state index contributed by atoms with van der Waals surface area (Å²) in [5.74, 6) is -0.981. The van der Waals surface area contributed by atoms with Gasteiger partial charge in [0, 0.05) is 45.9 Å². The van der Waals surface area contributed by atoms with Gasteiger partial charge in [0.1, 0.15) is 22.8 Å². The molecule has 1 aliphatic rings. The van der Waals surface area contributed by atoms with Crippen LogP contribution in [0.2, 0.25) is 0 Å². The monoisotopic (exact) mass is 693 g/mol. The number of hydrogen-bond donors (Lipinski definition) is 2. The molecule has 2 heterocycles. The Balaban J connectivity index is 2.38. The highest BCUT2D eigenvalue weighted by Gasteiger charge is 2.32. The van der Waals surface area contributed by atoms with Crippen LogP contribution in [-0.2, 0) is 46.4 Å². The number of pyridine rings is 1. The van der Waals surface area contributed by atoms with E-state index in [4.69, 9.17) is 29.0 Å². The van der Waals surface area contributed by atoms with Gasteiger partial charge in [-0.05, 0) is 100 Å². The number of aliphatic hydroxyl groups is 1. The average molecular weight is 694 g/mol. The fourth-order valence-corrected chi connectivity index (χ4v) is 5.29. The number of aliphatic hydroxyl groups excluding tert-OH is 1. The molecule has 2 bridgehead atoms. The van der Waals surface area contributed by atoms with E-state index in [9.17, 15) is 14.4 Å². The average Bonchev–Trinajstić information content (AvgIpc) is 2.94. The van der Waals surface area contributed by atoms with E-state index < -0.39 is 22.8 Å². The first-order valence-corrected chi connectivity index (χ1v) is 17.5. The van der Waals surface area contributed by atoms with Gasteiger partial charge < -0.3 is 29.4 Å². The molecular weight excluding hydrogens is 630 g/mol. The van der Waals surface area contributed by atoms with Gasteiger partial charge in [-0.25, -0.2) is 0 Å². The van der Waals surface area contributed by atoms with E-state index in [0.717, 1.165) is 17.8 Å². The molecule has 13 heteroatoms. The van der Waals surface area contributed by atoms with Gasteiger partial charge >= 0.3 is 17.9 Å². The first-order chi connectivity index (χ1) is 22.8. The van der Waals surface area contributed by atoms with E-state index in [1.807, 2.05) is 90.3 Å². The third kappa shape index (κ3) is 19.3. The highest BCUT2D eigenvalue weighted by Crippen LogP contribution is 2.18. The molecule has 280 valence electrons. The second-order valence-corrected chi connectivity index (χ2v) is 15.5. The smallest absolute Gasteiger partial charge is 0.323 e. The maximum atomic E-state index is 13.8. The van der Waals surface area contributed by atoms with Gasteiger partial charge in [0.15, 0.2) is 0 Å². The summed E-state index contributed by atoms with van der Waals surface area (Å²) < 4.78 is 22.6. The minimum atomic E-state index is -0.669. The Morgan fingerprint density at radius 1 is 0.776 bits per heavy atom. The molecule has 1 unspecified atom stereocenters. The van der Waals surface area contributed by atoms with Crippen molar-refractivity contribution in [1.29, 1.82) is 0 Å². The molecule has 0 aliphatic carbocycles. The van der Waals surface area contributed by atoms with Gasteiger partial charge in [0.2, 0.25) is 0 Å². The number of aromatic nitrogens is 1. The first kappa shape index (κ1) is 42.5. The molecule has 1 aromatic rings. The zero-order valence-electron chi connectivity index (χ0n) is 31.5. The summed E-state index contributed by atoms with van der Waals surface area (Å²) in [6.45, 7) is 21.6. The molecule has 0 aromatic carbocycles. The van der Waals surface area contributed by atoms with Crippen LogP contribution in [-0.4, -0.2) is 138 Å². The van der Waals surface area contributed by atoms with Gasteiger partial charge in [-0.1, -0.05) is 6.07 Å². The Bertz CT molecular complexity index is 1160. The highest BCUT2D eigenvalue weighted by molar-refractivity contribution is 5.76. The van der Waals surface area contributed by atoms with Crippen molar-refractivity contribution in [3.8, 4) is 0 Å². The first-order valence-electron chi connectivity index (χ1n) is 17.5. The number of rotatable bonds is 15. The lowest BCUT2D eigenvalue weighted by Crippen LogP contribution is -2.50. The lowest BCUT2D eigenvalue weighted by molar-refractivity contribution is -0.163. The zero-order valence-corrected chi connectivity index (χ0v) is 31.5. The number of carbonyl (C=O) groups excluding carboxylic acids is 3. The molecule has 49 heavy (non-hydrogen) atoms. The fourth-order valence-electron chi connectivity index (χ4n) is 5.29. The second kappa shape index (κ2) is 20.2. The Hall–Kier alpha value is -2.68. The standard InChI is InChI=1S/C36H63N5O8/c1-34(2,3)47-31(43)26-39-17-18-40(27-32(44)48-35(4,5)6)24-28-12-10-13-29(38-28)25-41(20-19-39)30(33(45)49-36(7,8)9)14-16-37-15-11-22-46-23-21-42/h10,12-13,30,37,42H,11,14-27H2,1-9H3. The number of esters is 3. The Labute approximate surface area is 294 Å². The molecule has 2 rings (SSSR count). The van der Waals surface area contributed by atoms with Crippen molar-refractivity contribution in [3.63, 3.8) is 0 Å². The van der Waals surface area contributed by atoms with Crippen LogP contribution in [0.1, 0.15) is 86.5 Å². The molecule has 1 aliphatic heterocycles. The van der Waals surface area contributed by atoms with Crippen LogP contribution in [0.4, 0.5) is 0 Å². The van der Waals surface area contributed by atoms with Crippen molar-refractivity contribution < 1.29 is 38.4 Å². The summed E-state index contributed by atoms with van der Waals surface area (Å²) in [5.41, 5.74) is -0.330. The van der Waals surface area contributed by atoms with Crippen LogP contribution in [0.15, 0.2) is 18.2 Å². The van der Waals surface area contributed by atoms with Gasteiger partial charge in [0.25, 0.3) is 0 Å². The molecule has 0 spiro atoms. The maximum absolute atomic E-state index is 13.8. The predicted molar refractivity (Wildman–Crippen MR) is 188 cm³/mol. The minimum Gasteiger partial charge on any atom is -0.459 e. The van der Waals surface area contributed by atoms with Crippen LogP contribution in [0.3, 0.4) is 0 Å². The van der Waals surface area contributed by atoms with E-state index in [1.54, 1.807) is 0 Å². The number of carbonyl (C=O) groups is 3. The number of nitrogens with one attached hydrogen (secondary N) is 1. The van der Waals surface area contributed by atoms with Crippen LogP contribution in [0.25, 0.3) is 0 Å². The largest absolute Gasteiger partial charge is 0.459 e. The second-order valence-electron chi connectivity index (χ2n) is 15.5. The van der Waals surface area contributed by atoms with Crippen LogP contribution in [0.5, 0.6) is 0 Å². The lowest BCUT2D eigenvalue weighted by Gasteiger charge is -2.35. The van der Waals surface area contributed by atoms with Gasteiger partial charge in [-0.2, -0.15) is 0 Å². The van der Waals surface area contributed by atoms with Gasteiger partial charge in [0.05, 0.1) is 37.7 Å². The van der Waals surface area contributed by atoms with Crippen molar-refractivity contribution in [2.24, 2.45) is 0 Å². The Kier molecular flexibility index (Phi) is 17.5. The van der Waals surface area contributed by atoms with Crippen LogP contribution in [0, 0.1) is 0 Å². The van der Waals surface area contributed by atoms with Crippen molar-refractivity contribution in [2.45, 2.75) is 111 Å². The van der Waals surface area contributed by atoms with Crippen molar-refractivity contribution >= 4 is 17.9 Å². The number of ether oxygens (including phenoxy) is 4. The quantitative estimate of drug-likeness (QED) is 0.158. The molecule has 13 nitrogen and oxygen atoms in total. The number of fused-ring (bicyclic) bond motifs is 2. The Morgan fingerprint density at radius 2 is 1.33 bits per heavy atom. The lowest BCUT2D eigenvalue weighted by atomic mass is 10.1. The van der Waals surface area contributed by atoms with E-state index in [1.165, 1.54) is 0 Å². The SMILES string of the molecule is CC(C)(C)OC(=O)CN1CCN(CC(=O)OC(C)(C)C)Cc2cccc(n2)CN(C(CCNCCCOCCO)C(=O)OC(C)(C)C)CC1. The molecule has 0 saturated carbocycles. The van der Waals surface area contributed by atoms with E-state index in [-0.39, 0.29) is 37.6 Å². The molecule has 2 N–H and O–H groups in total. The summed E-state index contributed by atoms with van der Waals surface area (Å²) in [6.07, 6.45) is 1.28. The summed E-state index contributed by atoms with van der Waals surface area (Å²) in [7, 11) is 0. The zero-order chi connectivity index (χ0) is 36.7. The van der Waals surface area contributed by atoms with Crippen LogP contribution >= 0.6 is 0 Å². The molecule has 0 amide bonds. The van der Waals surface area contributed by atoms with E-state index in [2.05, 4.69) is 10.2 Å². The van der Waals surface area contributed by atoms with Crippen molar-refractivity contribution in [1.82, 2.24) is 25.0 Å². The van der Waals surface area contributed by atoms with Crippen LogP contribution < -0.4 is 5.32 Å². The summed E-state index contributed by atoms with van der Waals surface area (Å²) in [4.78, 5) is 50.7. The van der Waals surface area contributed by atoms with E-state index in [0.29, 0.717) is 72.0 Å². The van der Waals surface area contributed by atoms with E-state index >= 15 is 0 Å². The third-order valence-electron chi connectivity index (χ3n) is 7.19. The summed E-state index contributed by atoms with van der Waals surface area (Å²) >= 11 is 0. The number of hydrogen-bond acceptors (Lipinski definition) is 13. The summed E-state index contributed by atoms with van der Waals surface area (Å²) in [5, 5.41) is 12.3. The highest BCUT2D eigenvalue weighted by atomic mass is 16.6. The van der Waals surface area contributed by atoms with Gasteiger partial charge in [-0.3, -0.25) is 34.1 Å². The Morgan fingerprint density at radius 3 is 1.92 bits per heavy atom. The number of nitrogens with zero attached hydrogens (tertiary/aromatic N) is 4. The minimum absolute atomic E-state index is 0.00185. The molecule has 0 saturated heterocycles. The summed E-state index contributed by atoms with van der Waals surface area (Å²) in [6, 6.07) is 5.25. The van der Waals surface area contributed by atoms with Crippen molar-refractivity contribution in [3.05, 3.63) is 29.6 Å². The molecule has 1 atom stereocenters. The topological polar surface area (TPSA) is 143 Å². The molecule has 0 radical (unpaired) electrons. The fraction of sp³-hybridized carbons (Fsp3) is 0.778. The maximum Gasteiger partial charge on any atom is 0.323 e.